The molecule has 0 saturated heterocycles. The predicted molar refractivity (Wildman–Crippen MR) is 56.1 cm³/mol. The summed E-state index contributed by atoms with van der Waals surface area (Å²) in [6.45, 7) is 0.909. The van der Waals surface area contributed by atoms with Crippen LogP contribution in [-0.2, 0) is 0 Å². The Morgan fingerprint density at radius 1 is 1.36 bits per heavy atom. The molecule has 3 N–H and O–H groups in total. The largest absolute Gasteiger partial charge is 0.386 e. The average molecular weight is 191 g/mol. The predicted octanol–water partition coefficient (Wildman–Crippen LogP) is 0.751. The first-order valence-corrected chi connectivity index (χ1v) is 4.38. The molecule has 1 heterocycles. The first-order valence-electron chi connectivity index (χ1n) is 4.38. The maximum atomic E-state index is 10.0. The number of hydrazone groups is 1. The van der Waals surface area contributed by atoms with E-state index in [1.54, 1.807) is 12.1 Å². The number of hydrogen-bond donors (Lipinski definition) is 2. The fraction of sp³-hybridized carbons (Fsp3) is 0.200. The smallest absolute Gasteiger partial charge is 0.150 e. The minimum atomic E-state index is 0.718. The summed E-state index contributed by atoms with van der Waals surface area (Å²) in [5, 5.41) is 3.68. The molecule has 0 amide bonds. The highest BCUT2D eigenvalue weighted by Crippen LogP contribution is 1.91. The molecule has 4 heteroatoms. The number of benzene rings is 1. The third-order valence-electron chi connectivity index (χ3n) is 1.65. The van der Waals surface area contributed by atoms with Gasteiger partial charge in [0.15, 0.2) is 0 Å². The zero-order chi connectivity index (χ0) is 10.2. The van der Waals surface area contributed by atoms with Crippen molar-refractivity contribution in [3.05, 3.63) is 35.9 Å². The molecule has 0 radical (unpaired) electrons. The van der Waals surface area contributed by atoms with Gasteiger partial charge in [0.1, 0.15) is 12.1 Å². The zero-order valence-electron chi connectivity index (χ0n) is 7.81. The van der Waals surface area contributed by atoms with E-state index in [0.717, 1.165) is 30.7 Å². The van der Waals surface area contributed by atoms with Gasteiger partial charge in [-0.2, -0.15) is 5.10 Å². The molecule has 0 aromatic heterocycles. The van der Waals surface area contributed by atoms with Gasteiger partial charge in [0.2, 0.25) is 0 Å². The number of hydrogen-bond acceptors (Lipinski definition) is 4. The number of nitrogens with one attached hydrogen (secondary N) is 1. The Bertz CT molecular complexity index is 308. The van der Waals surface area contributed by atoms with Crippen molar-refractivity contribution in [2.45, 2.75) is 6.42 Å². The Morgan fingerprint density at radius 2 is 2.07 bits per heavy atom. The van der Waals surface area contributed by atoms with Crippen LogP contribution in [-0.4, -0.2) is 18.7 Å². The molecule has 0 unspecified atom stereocenters. The second kappa shape index (κ2) is 5.75. The highest BCUT2D eigenvalue weighted by atomic mass is 16.1. The minimum Gasteiger partial charge on any atom is -0.386 e. The van der Waals surface area contributed by atoms with Crippen LogP contribution in [0.15, 0.2) is 35.4 Å². The Morgan fingerprint density at radius 3 is 2.36 bits per heavy atom. The summed E-state index contributed by atoms with van der Waals surface area (Å²) in [6.07, 6.45) is 1.74. The minimum absolute atomic E-state index is 0.718. The van der Waals surface area contributed by atoms with Crippen molar-refractivity contribution >= 4 is 12.1 Å². The van der Waals surface area contributed by atoms with Gasteiger partial charge in [-0.1, -0.05) is 30.3 Å². The average Bonchev–Trinajstić information content (AvgIpc) is 2.71. The monoisotopic (exact) mass is 191 g/mol. The molecule has 0 aliphatic carbocycles. The van der Waals surface area contributed by atoms with Crippen LogP contribution in [0.5, 0.6) is 0 Å². The zero-order valence-corrected chi connectivity index (χ0v) is 7.81. The third kappa shape index (κ3) is 3.71. The molecule has 2 rings (SSSR count). The summed E-state index contributed by atoms with van der Waals surface area (Å²) in [5.74, 6) is 0.718. The first-order chi connectivity index (χ1) is 6.83. The standard InChI is InChI=1S/C7H6O.C3H7N3/c8-6-7-4-2-1-3-5-7;4-3-1-2-5-6-3/h1-6H;5H,1-2H2,(H2,4,6). The lowest BCUT2D eigenvalue weighted by Crippen LogP contribution is -2.06. The molecule has 0 saturated carbocycles. The molecule has 0 fully saturated rings. The maximum absolute atomic E-state index is 10.0. The van der Waals surface area contributed by atoms with E-state index in [1.807, 2.05) is 18.2 Å². The number of carbonyl (C=O) groups excluding carboxylic acids is 1. The van der Waals surface area contributed by atoms with Gasteiger partial charge in [0.05, 0.1) is 0 Å². The van der Waals surface area contributed by atoms with Crippen molar-refractivity contribution in [1.82, 2.24) is 5.43 Å². The summed E-state index contributed by atoms with van der Waals surface area (Å²) >= 11 is 0. The normalized spacial score (nSPS) is 13.3. The van der Waals surface area contributed by atoms with Crippen molar-refractivity contribution < 1.29 is 4.79 Å². The van der Waals surface area contributed by atoms with Gasteiger partial charge in [-0.05, 0) is 0 Å². The summed E-state index contributed by atoms with van der Waals surface area (Å²) in [7, 11) is 0. The SMILES string of the molecule is NC1=NNCC1.O=Cc1ccccc1. The van der Waals surface area contributed by atoms with Gasteiger partial charge in [-0.3, -0.25) is 4.79 Å². The van der Waals surface area contributed by atoms with Crippen LogP contribution >= 0.6 is 0 Å². The summed E-state index contributed by atoms with van der Waals surface area (Å²) < 4.78 is 0. The molecule has 14 heavy (non-hydrogen) atoms. The third-order valence-corrected chi connectivity index (χ3v) is 1.65. The van der Waals surface area contributed by atoms with E-state index in [4.69, 9.17) is 5.73 Å². The summed E-state index contributed by atoms with van der Waals surface area (Å²) in [5.41, 5.74) is 8.69. The van der Waals surface area contributed by atoms with E-state index < -0.39 is 0 Å². The summed E-state index contributed by atoms with van der Waals surface area (Å²) in [4.78, 5) is 10.0. The van der Waals surface area contributed by atoms with Gasteiger partial charge in [0.25, 0.3) is 0 Å². The van der Waals surface area contributed by atoms with E-state index >= 15 is 0 Å². The van der Waals surface area contributed by atoms with Crippen LogP contribution in [0.2, 0.25) is 0 Å². The lowest BCUT2D eigenvalue weighted by atomic mass is 10.2. The van der Waals surface area contributed by atoms with Crippen LogP contribution in [0.25, 0.3) is 0 Å². The highest BCUT2D eigenvalue weighted by molar-refractivity contribution is 5.81. The fourth-order valence-electron chi connectivity index (χ4n) is 0.929. The Hall–Kier alpha value is -1.84. The molecule has 1 aromatic carbocycles. The second-order valence-electron chi connectivity index (χ2n) is 2.79. The molecule has 0 spiro atoms. The Kier molecular flexibility index (Phi) is 4.20. The molecular formula is C10H13N3O. The molecule has 4 nitrogen and oxygen atoms in total. The van der Waals surface area contributed by atoms with Gasteiger partial charge in [0, 0.05) is 18.5 Å². The molecule has 1 aliphatic heterocycles. The lowest BCUT2D eigenvalue weighted by molar-refractivity contribution is 0.112. The van der Waals surface area contributed by atoms with Crippen LogP contribution in [0.1, 0.15) is 16.8 Å². The van der Waals surface area contributed by atoms with Crippen LogP contribution < -0.4 is 11.2 Å². The number of carbonyl (C=O) groups is 1. The molecule has 1 aliphatic rings. The number of nitrogens with two attached hydrogens (primary N) is 1. The number of rotatable bonds is 1. The molecule has 0 atom stereocenters. The van der Waals surface area contributed by atoms with Gasteiger partial charge in [-0.15, -0.1) is 0 Å². The van der Waals surface area contributed by atoms with E-state index in [0.29, 0.717) is 0 Å². The summed E-state index contributed by atoms with van der Waals surface area (Å²) in [6, 6.07) is 9.10. The quantitative estimate of drug-likeness (QED) is 0.644. The van der Waals surface area contributed by atoms with Crippen molar-refractivity contribution in [2.24, 2.45) is 10.8 Å². The van der Waals surface area contributed by atoms with Crippen molar-refractivity contribution in [2.75, 3.05) is 6.54 Å². The van der Waals surface area contributed by atoms with Crippen LogP contribution in [0, 0.1) is 0 Å². The van der Waals surface area contributed by atoms with Gasteiger partial charge in [-0.25, -0.2) is 0 Å². The van der Waals surface area contributed by atoms with Gasteiger partial charge >= 0.3 is 0 Å². The van der Waals surface area contributed by atoms with E-state index in [9.17, 15) is 4.79 Å². The van der Waals surface area contributed by atoms with E-state index in [2.05, 4.69) is 10.5 Å². The van der Waals surface area contributed by atoms with Crippen molar-refractivity contribution in [1.29, 1.82) is 0 Å². The Balaban J connectivity index is 0.000000146. The number of nitrogens with zero attached hydrogens (tertiary/aromatic N) is 1. The number of aldehydes is 1. The van der Waals surface area contributed by atoms with Crippen LogP contribution in [0.3, 0.4) is 0 Å². The second-order valence-corrected chi connectivity index (χ2v) is 2.79. The molecular weight excluding hydrogens is 178 g/mol. The molecule has 0 bridgehead atoms. The van der Waals surface area contributed by atoms with E-state index in [1.165, 1.54) is 0 Å². The molecule has 74 valence electrons. The Labute approximate surface area is 82.8 Å². The highest BCUT2D eigenvalue weighted by Gasteiger charge is 1.96. The van der Waals surface area contributed by atoms with E-state index in [-0.39, 0.29) is 0 Å². The first kappa shape index (κ1) is 10.2. The van der Waals surface area contributed by atoms with Crippen molar-refractivity contribution in [3.8, 4) is 0 Å². The van der Waals surface area contributed by atoms with Crippen molar-refractivity contribution in [3.63, 3.8) is 0 Å². The fourth-order valence-corrected chi connectivity index (χ4v) is 0.929. The topological polar surface area (TPSA) is 67.5 Å². The van der Waals surface area contributed by atoms with Gasteiger partial charge < -0.3 is 11.2 Å². The maximum Gasteiger partial charge on any atom is 0.150 e. The van der Waals surface area contributed by atoms with Crippen LogP contribution in [0.4, 0.5) is 0 Å². The lowest BCUT2D eigenvalue weighted by Gasteiger charge is -1.81. The number of amidine groups is 1. The molecule has 1 aromatic rings.